The Bertz CT molecular complexity index is 248. The molecule has 0 aromatic heterocycles. The van der Waals surface area contributed by atoms with Gasteiger partial charge >= 0.3 is 5.97 Å². The highest BCUT2D eigenvalue weighted by Crippen LogP contribution is 2.16. The summed E-state index contributed by atoms with van der Waals surface area (Å²) in [5.41, 5.74) is 0. The number of likely N-dealkylation sites (tertiary alicyclic amines) is 1. The molecule has 0 unspecified atom stereocenters. The van der Waals surface area contributed by atoms with Gasteiger partial charge in [-0.3, -0.25) is 14.5 Å². The molecule has 1 amide bonds. The van der Waals surface area contributed by atoms with E-state index in [1.165, 1.54) is 0 Å². The molecule has 1 aliphatic rings. The lowest BCUT2D eigenvalue weighted by Crippen LogP contribution is -2.43. The van der Waals surface area contributed by atoms with Gasteiger partial charge in [-0.25, -0.2) is 0 Å². The molecule has 1 rings (SSSR count). The fourth-order valence-electron chi connectivity index (χ4n) is 1.85. The standard InChI is InChI=1S/C11H20N2O3/c1-2-3-10(14)12-8-13-6-4-9(5-7-13)11(15)16/h9H,2-8H2,1H3,(H,12,14)(H,15,16). The van der Waals surface area contributed by atoms with Crippen molar-refractivity contribution in [3.05, 3.63) is 0 Å². The van der Waals surface area contributed by atoms with Crippen LogP contribution in [0.5, 0.6) is 0 Å². The third-order valence-electron chi connectivity index (χ3n) is 2.91. The van der Waals surface area contributed by atoms with E-state index in [0.29, 0.717) is 25.9 Å². The van der Waals surface area contributed by atoms with Gasteiger partial charge in [0.1, 0.15) is 0 Å². The first-order chi connectivity index (χ1) is 7.63. The van der Waals surface area contributed by atoms with Gasteiger partial charge in [0.25, 0.3) is 0 Å². The minimum absolute atomic E-state index is 0.0721. The zero-order valence-corrected chi connectivity index (χ0v) is 9.74. The molecule has 1 saturated heterocycles. The molecule has 1 fully saturated rings. The molecule has 1 aliphatic heterocycles. The van der Waals surface area contributed by atoms with E-state index in [4.69, 9.17) is 5.11 Å². The first-order valence-electron chi connectivity index (χ1n) is 5.85. The van der Waals surface area contributed by atoms with Crippen LogP contribution in [0.25, 0.3) is 0 Å². The molecule has 5 nitrogen and oxygen atoms in total. The first-order valence-corrected chi connectivity index (χ1v) is 5.85. The van der Waals surface area contributed by atoms with Crippen molar-refractivity contribution in [3.63, 3.8) is 0 Å². The number of nitrogens with one attached hydrogen (secondary N) is 1. The molecule has 92 valence electrons. The van der Waals surface area contributed by atoms with Crippen LogP contribution in [0.3, 0.4) is 0 Å². The molecular weight excluding hydrogens is 208 g/mol. The fourth-order valence-corrected chi connectivity index (χ4v) is 1.85. The predicted molar refractivity (Wildman–Crippen MR) is 59.9 cm³/mol. The average Bonchev–Trinajstić information content (AvgIpc) is 2.27. The molecule has 0 aromatic carbocycles. The van der Waals surface area contributed by atoms with Gasteiger partial charge in [0.15, 0.2) is 0 Å². The van der Waals surface area contributed by atoms with E-state index in [2.05, 4.69) is 10.2 Å². The largest absolute Gasteiger partial charge is 0.481 e. The average molecular weight is 228 g/mol. The minimum atomic E-state index is -0.699. The number of hydrogen-bond donors (Lipinski definition) is 2. The van der Waals surface area contributed by atoms with Gasteiger partial charge in [-0.15, -0.1) is 0 Å². The van der Waals surface area contributed by atoms with Gasteiger partial charge in [0.2, 0.25) is 5.91 Å². The fraction of sp³-hybridized carbons (Fsp3) is 0.818. The summed E-state index contributed by atoms with van der Waals surface area (Å²) < 4.78 is 0. The van der Waals surface area contributed by atoms with E-state index in [1.807, 2.05) is 6.92 Å². The minimum Gasteiger partial charge on any atom is -0.481 e. The second-order valence-electron chi connectivity index (χ2n) is 4.24. The molecule has 0 aromatic rings. The second-order valence-corrected chi connectivity index (χ2v) is 4.24. The first kappa shape index (κ1) is 13.0. The Balaban J connectivity index is 2.17. The summed E-state index contributed by atoms with van der Waals surface area (Å²) in [6.07, 6.45) is 2.77. The Kier molecular flexibility index (Phi) is 5.25. The molecule has 0 bridgehead atoms. The van der Waals surface area contributed by atoms with Crippen molar-refractivity contribution in [2.45, 2.75) is 32.6 Å². The Morgan fingerprint density at radius 2 is 2.00 bits per heavy atom. The molecule has 0 aliphatic carbocycles. The number of piperidine rings is 1. The van der Waals surface area contributed by atoms with Crippen molar-refractivity contribution < 1.29 is 14.7 Å². The molecule has 16 heavy (non-hydrogen) atoms. The Hall–Kier alpha value is -1.10. The maximum absolute atomic E-state index is 11.2. The van der Waals surface area contributed by atoms with Gasteiger partial charge in [-0.05, 0) is 19.3 Å². The van der Waals surface area contributed by atoms with Crippen molar-refractivity contribution in [2.24, 2.45) is 5.92 Å². The lowest BCUT2D eigenvalue weighted by molar-refractivity contribution is -0.143. The highest BCUT2D eigenvalue weighted by molar-refractivity contribution is 5.75. The summed E-state index contributed by atoms with van der Waals surface area (Å²) >= 11 is 0. The van der Waals surface area contributed by atoms with Crippen LogP contribution in [-0.4, -0.2) is 41.6 Å². The number of carbonyl (C=O) groups excluding carboxylic acids is 1. The van der Waals surface area contributed by atoms with Crippen LogP contribution < -0.4 is 5.32 Å². The van der Waals surface area contributed by atoms with Crippen molar-refractivity contribution in [3.8, 4) is 0 Å². The van der Waals surface area contributed by atoms with Crippen LogP contribution in [0.15, 0.2) is 0 Å². The molecule has 0 atom stereocenters. The predicted octanol–water partition coefficient (Wildman–Crippen LogP) is 0.657. The van der Waals surface area contributed by atoms with Crippen molar-refractivity contribution in [1.82, 2.24) is 10.2 Å². The Morgan fingerprint density at radius 3 is 2.50 bits per heavy atom. The molecule has 2 N–H and O–H groups in total. The van der Waals surface area contributed by atoms with Crippen molar-refractivity contribution in [2.75, 3.05) is 19.8 Å². The summed E-state index contributed by atoms with van der Waals surface area (Å²) in [5.74, 6) is -0.833. The number of rotatable bonds is 5. The van der Waals surface area contributed by atoms with Crippen LogP contribution in [0.1, 0.15) is 32.6 Å². The lowest BCUT2D eigenvalue weighted by Gasteiger charge is -2.29. The van der Waals surface area contributed by atoms with Gasteiger partial charge < -0.3 is 10.4 Å². The third-order valence-corrected chi connectivity index (χ3v) is 2.91. The second kappa shape index (κ2) is 6.48. The number of amides is 1. The van der Waals surface area contributed by atoms with Crippen LogP contribution in [0, 0.1) is 5.92 Å². The number of aliphatic carboxylic acids is 1. The Morgan fingerprint density at radius 1 is 1.38 bits per heavy atom. The maximum atomic E-state index is 11.2. The van der Waals surface area contributed by atoms with E-state index in [9.17, 15) is 9.59 Å². The monoisotopic (exact) mass is 228 g/mol. The highest BCUT2D eigenvalue weighted by Gasteiger charge is 2.24. The normalized spacial score (nSPS) is 18.3. The number of carbonyl (C=O) groups is 2. The van der Waals surface area contributed by atoms with Crippen LogP contribution in [-0.2, 0) is 9.59 Å². The van der Waals surface area contributed by atoms with Crippen molar-refractivity contribution in [1.29, 1.82) is 0 Å². The summed E-state index contributed by atoms with van der Waals surface area (Å²) in [7, 11) is 0. The molecule has 0 spiro atoms. The van der Waals surface area contributed by atoms with E-state index in [1.54, 1.807) is 0 Å². The summed E-state index contributed by atoms with van der Waals surface area (Å²) in [4.78, 5) is 24.0. The SMILES string of the molecule is CCCC(=O)NCN1CCC(C(=O)O)CC1. The smallest absolute Gasteiger partial charge is 0.306 e. The molecule has 1 heterocycles. The van der Waals surface area contributed by atoms with E-state index in [0.717, 1.165) is 19.5 Å². The van der Waals surface area contributed by atoms with Gasteiger partial charge in [-0.1, -0.05) is 6.92 Å². The van der Waals surface area contributed by atoms with Crippen LogP contribution in [0.4, 0.5) is 0 Å². The zero-order chi connectivity index (χ0) is 12.0. The van der Waals surface area contributed by atoms with E-state index >= 15 is 0 Å². The topological polar surface area (TPSA) is 69.6 Å². The molecular formula is C11H20N2O3. The highest BCUT2D eigenvalue weighted by atomic mass is 16.4. The van der Waals surface area contributed by atoms with Gasteiger partial charge in [0, 0.05) is 19.5 Å². The van der Waals surface area contributed by atoms with Gasteiger partial charge in [-0.2, -0.15) is 0 Å². The van der Waals surface area contributed by atoms with E-state index < -0.39 is 5.97 Å². The summed E-state index contributed by atoms with van der Waals surface area (Å²) in [6, 6.07) is 0. The van der Waals surface area contributed by atoms with E-state index in [-0.39, 0.29) is 11.8 Å². The molecule has 0 radical (unpaired) electrons. The molecule has 5 heteroatoms. The number of nitrogens with zero attached hydrogens (tertiary/aromatic N) is 1. The molecule has 0 saturated carbocycles. The van der Waals surface area contributed by atoms with Gasteiger partial charge in [0.05, 0.1) is 12.6 Å². The number of hydrogen-bond acceptors (Lipinski definition) is 3. The summed E-state index contributed by atoms with van der Waals surface area (Å²) in [5, 5.41) is 11.7. The third kappa shape index (κ3) is 4.18. The quantitative estimate of drug-likeness (QED) is 0.725. The van der Waals surface area contributed by atoms with Crippen LogP contribution in [0.2, 0.25) is 0 Å². The maximum Gasteiger partial charge on any atom is 0.306 e. The van der Waals surface area contributed by atoms with Crippen molar-refractivity contribution >= 4 is 11.9 Å². The summed E-state index contributed by atoms with van der Waals surface area (Å²) in [6.45, 7) is 4.02. The lowest BCUT2D eigenvalue weighted by atomic mass is 9.97. The number of carboxylic acid groups (broad SMARTS) is 1. The zero-order valence-electron chi connectivity index (χ0n) is 9.74. The van der Waals surface area contributed by atoms with Crippen LogP contribution >= 0.6 is 0 Å². The number of carboxylic acids is 1. The Labute approximate surface area is 95.8 Å².